The molecule has 0 heterocycles. The first-order valence-corrected chi connectivity index (χ1v) is 10.1. The maximum atomic E-state index is 3.48. The summed E-state index contributed by atoms with van der Waals surface area (Å²) in [6, 6.07) is 0. The Labute approximate surface area is 189 Å². The van der Waals surface area contributed by atoms with Crippen LogP contribution in [-0.4, -0.2) is 0 Å². The van der Waals surface area contributed by atoms with Gasteiger partial charge >= 0.3 is 26.2 Å². The van der Waals surface area contributed by atoms with E-state index in [1.807, 2.05) is 0 Å². The minimum atomic E-state index is 0. The van der Waals surface area contributed by atoms with E-state index in [-0.39, 0.29) is 47.9 Å². The van der Waals surface area contributed by atoms with Crippen molar-refractivity contribution in [2.75, 3.05) is 0 Å². The normalized spacial score (nSPS) is 17.9. The average molecular weight is 446 g/mol. The third kappa shape index (κ3) is 7.64. The summed E-state index contributed by atoms with van der Waals surface area (Å²) >= 11 is 0. The Bertz CT molecular complexity index is 510. The third-order valence-electron chi connectivity index (χ3n) is 4.82. The molecule has 0 nitrogen and oxygen atoms in total. The predicted molar refractivity (Wildman–Crippen MR) is 117 cm³/mol. The molecule has 0 saturated heterocycles. The van der Waals surface area contributed by atoms with Crippen LogP contribution in [-0.2, 0) is 26.2 Å². The van der Waals surface area contributed by atoms with Crippen molar-refractivity contribution in [3.8, 4) is 0 Å². The quantitative estimate of drug-likeness (QED) is 0.329. The van der Waals surface area contributed by atoms with Gasteiger partial charge in [0, 0.05) is 0 Å². The number of hydrogen-bond acceptors (Lipinski definition) is 0. The van der Waals surface area contributed by atoms with Crippen LogP contribution < -0.4 is 0 Å². The first-order valence-electron chi connectivity index (χ1n) is 10.1. The molecular weight excluding hydrogens is 404 g/mol. The van der Waals surface area contributed by atoms with Crippen molar-refractivity contribution in [3.63, 3.8) is 0 Å². The fourth-order valence-electron chi connectivity index (χ4n) is 3.61. The zero-order valence-electron chi connectivity index (χ0n) is 20.1. The molecule has 0 N–H and O–H groups in total. The van der Waals surface area contributed by atoms with Crippen LogP contribution >= 0.6 is 0 Å². The summed E-state index contributed by atoms with van der Waals surface area (Å²) in [5, 5.41) is 0. The summed E-state index contributed by atoms with van der Waals surface area (Å²) in [7, 11) is 0. The number of allylic oxidation sites excluding steroid dienone is 8. The molecule has 2 rings (SSSR count). The summed E-state index contributed by atoms with van der Waals surface area (Å²) < 4.78 is 0. The molecule has 0 fully saturated rings. The van der Waals surface area contributed by atoms with Gasteiger partial charge in [-0.15, -0.1) is 12.8 Å². The molecule has 0 radical (unpaired) electrons. The van der Waals surface area contributed by atoms with Crippen LogP contribution in [0.4, 0.5) is 0 Å². The molecule has 0 aromatic heterocycles. The molecule has 0 aromatic rings. The van der Waals surface area contributed by atoms with Crippen molar-refractivity contribution in [2.24, 2.45) is 21.7 Å². The van der Waals surface area contributed by atoms with E-state index >= 15 is 0 Å². The van der Waals surface area contributed by atoms with E-state index < -0.39 is 0 Å². The Morgan fingerprint density at radius 1 is 0.519 bits per heavy atom. The van der Waals surface area contributed by atoms with Crippen LogP contribution in [0, 0.1) is 33.8 Å². The van der Waals surface area contributed by atoms with Crippen molar-refractivity contribution in [1.29, 1.82) is 0 Å². The van der Waals surface area contributed by atoms with Crippen LogP contribution in [0.25, 0.3) is 0 Å². The van der Waals surface area contributed by atoms with Gasteiger partial charge in [-0.1, -0.05) is 93.9 Å². The second-order valence-electron chi connectivity index (χ2n) is 11.7. The van der Waals surface area contributed by atoms with Gasteiger partial charge in [0.05, 0.1) is 0 Å². The molecule has 0 aliphatic heterocycles. The standard InChI is InChI=1S/2C13H21.Zr/c2*1-12(2,3)10-8-7-9-11(10)13(4,5)6;/h2*8H,7H2,1-6H3;/q2*-1;+2. The molecule has 0 bridgehead atoms. The zero-order valence-corrected chi connectivity index (χ0v) is 22.5. The van der Waals surface area contributed by atoms with Crippen LogP contribution in [0.15, 0.2) is 34.4 Å². The van der Waals surface area contributed by atoms with Gasteiger partial charge in [-0.2, -0.15) is 23.3 Å². The van der Waals surface area contributed by atoms with E-state index in [1.54, 1.807) is 0 Å². The molecule has 2 aliphatic rings. The fraction of sp³-hybridized carbons (Fsp3) is 0.692. The van der Waals surface area contributed by atoms with Crippen LogP contribution in [0.2, 0.25) is 0 Å². The van der Waals surface area contributed by atoms with E-state index in [0.29, 0.717) is 0 Å². The minimum Gasteiger partial charge on any atom is -0.269 e. The largest absolute Gasteiger partial charge is 2.00 e. The van der Waals surface area contributed by atoms with Gasteiger partial charge in [-0.3, -0.25) is 12.2 Å². The molecule has 0 saturated carbocycles. The van der Waals surface area contributed by atoms with Gasteiger partial charge < -0.3 is 0 Å². The van der Waals surface area contributed by atoms with E-state index in [2.05, 4.69) is 107 Å². The maximum absolute atomic E-state index is 3.48. The van der Waals surface area contributed by atoms with Gasteiger partial charge in [0.2, 0.25) is 0 Å². The molecule has 27 heavy (non-hydrogen) atoms. The van der Waals surface area contributed by atoms with Crippen LogP contribution in [0.1, 0.15) is 95.9 Å². The van der Waals surface area contributed by atoms with E-state index in [0.717, 1.165) is 12.8 Å². The van der Waals surface area contributed by atoms with Crippen LogP contribution in [0.3, 0.4) is 0 Å². The molecule has 0 spiro atoms. The Balaban J connectivity index is 0.000000483. The predicted octanol–water partition coefficient (Wildman–Crippen LogP) is 8.27. The average Bonchev–Trinajstić information content (AvgIpc) is 3.06. The molecule has 2 aliphatic carbocycles. The van der Waals surface area contributed by atoms with Gasteiger partial charge in [-0.25, -0.2) is 11.1 Å². The SMILES string of the molecule is CC(C)(C)C1=[C-]CC=C1C(C)(C)C.CC(C)(C)C1=[C-]CC=C1C(C)(C)C.[Zr+2]. The second kappa shape index (κ2) is 9.11. The van der Waals surface area contributed by atoms with Crippen molar-refractivity contribution in [2.45, 2.75) is 95.9 Å². The Morgan fingerprint density at radius 2 is 0.778 bits per heavy atom. The topological polar surface area (TPSA) is 0 Å². The van der Waals surface area contributed by atoms with Crippen molar-refractivity contribution in [1.82, 2.24) is 0 Å². The fourth-order valence-corrected chi connectivity index (χ4v) is 3.61. The maximum Gasteiger partial charge on any atom is 2.00 e. The molecule has 0 aromatic carbocycles. The molecule has 0 amide bonds. The summed E-state index contributed by atoms with van der Waals surface area (Å²) in [6.45, 7) is 27.2. The van der Waals surface area contributed by atoms with Crippen molar-refractivity contribution >= 4 is 0 Å². The minimum absolute atomic E-state index is 0. The Morgan fingerprint density at radius 3 is 0.926 bits per heavy atom. The smallest absolute Gasteiger partial charge is 0.269 e. The van der Waals surface area contributed by atoms with Crippen molar-refractivity contribution in [3.05, 3.63) is 46.6 Å². The van der Waals surface area contributed by atoms with E-state index in [4.69, 9.17) is 0 Å². The Kier molecular flexibility index (Phi) is 9.06. The molecule has 150 valence electrons. The summed E-state index contributed by atoms with van der Waals surface area (Å²) in [4.78, 5) is 0. The molecule has 0 unspecified atom stereocenters. The molecule has 0 atom stereocenters. The molecular formula is C26H42Zr. The monoisotopic (exact) mass is 444 g/mol. The first-order chi connectivity index (χ1) is 11.5. The van der Waals surface area contributed by atoms with Gasteiger partial charge in [0.1, 0.15) is 0 Å². The summed E-state index contributed by atoms with van der Waals surface area (Å²) in [5.74, 6) is 0. The van der Waals surface area contributed by atoms with Crippen molar-refractivity contribution < 1.29 is 26.2 Å². The third-order valence-corrected chi connectivity index (χ3v) is 4.82. The molecule has 1 heteroatoms. The van der Waals surface area contributed by atoms with Gasteiger partial charge in [-0.05, 0) is 10.8 Å². The number of rotatable bonds is 0. The summed E-state index contributed by atoms with van der Waals surface area (Å²) in [6.07, 6.45) is 13.6. The summed E-state index contributed by atoms with van der Waals surface area (Å²) in [5.41, 5.74) is 6.84. The second-order valence-corrected chi connectivity index (χ2v) is 11.7. The van der Waals surface area contributed by atoms with E-state index in [9.17, 15) is 0 Å². The van der Waals surface area contributed by atoms with Gasteiger partial charge in [0.25, 0.3) is 0 Å². The van der Waals surface area contributed by atoms with E-state index in [1.165, 1.54) is 22.3 Å². The zero-order chi connectivity index (χ0) is 20.6. The first kappa shape index (κ1) is 26.8. The number of hydrogen-bond donors (Lipinski definition) is 0. The Hall–Kier alpha value is -0.157. The van der Waals surface area contributed by atoms with Gasteiger partial charge in [0.15, 0.2) is 0 Å². The van der Waals surface area contributed by atoms with Crippen LogP contribution in [0.5, 0.6) is 0 Å².